The van der Waals surface area contributed by atoms with Crippen LogP contribution < -0.4 is 0 Å². The van der Waals surface area contributed by atoms with Crippen LogP contribution in [-0.4, -0.2) is 29.6 Å². The quantitative estimate of drug-likeness (QED) is 0.453. The minimum Gasteiger partial charge on any atom is -0.323 e. The lowest BCUT2D eigenvalue weighted by molar-refractivity contribution is 0.352. The molecule has 0 fully saturated rings. The Kier molecular flexibility index (Phi) is 6.38. The molecule has 1 aromatic carbocycles. The maximum atomic E-state index is 11.2. The van der Waals surface area contributed by atoms with Gasteiger partial charge in [0.1, 0.15) is 0 Å². The van der Waals surface area contributed by atoms with Crippen molar-refractivity contribution < 1.29 is 28.7 Å². The molecule has 0 amide bonds. The summed E-state index contributed by atoms with van der Waals surface area (Å²) in [5.74, 6) is 0. The Hall–Kier alpha value is 0.220. The number of hydrogen-bond donors (Lipinski definition) is 4. The highest BCUT2D eigenvalue weighted by Crippen LogP contribution is 2.65. The molecule has 0 unspecified atom stereocenters. The van der Waals surface area contributed by atoms with Crippen LogP contribution in [0.2, 0.25) is 0 Å². The smallest absolute Gasteiger partial charge is 0.323 e. The molecule has 0 saturated heterocycles. The molecule has 1 aromatic rings. The zero-order valence-electron chi connectivity index (χ0n) is 10.8. The van der Waals surface area contributed by atoms with Crippen molar-refractivity contribution in [2.45, 2.75) is 33.6 Å². The summed E-state index contributed by atoms with van der Waals surface area (Å²) in [5.41, 5.74) is 0. The van der Waals surface area contributed by atoms with Crippen LogP contribution in [0.25, 0.3) is 0 Å². The van der Waals surface area contributed by atoms with E-state index in [-0.39, 0.29) is 0 Å². The van der Waals surface area contributed by atoms with E-state index in [1.165, 1.54) is 0 Å². The molecule has 10 heteroatoms. The lowest BCUT2D eigenvalue weighted by Gasteiger charge is -2.19. The molecule has 4 N–H and O–H groups in total. The van der Waals surface area contributed by atoms with Crippen LogP contribution in [0.1, 0.15) is 13.8 Å². The van der Waals surface area contributed by atoms with Gasteiger partial charge < -0.3 is 19.6 Å². The fourth-order valence-corrected chi connectivity index (χ4v) is 6.09. The standard InChI is InChI=1S/C10H16O6P2S2/c1-7(2)19-8-3-5-9(6-4-8)20-10(17(11,12)13)18(14,15)16/h3-7,10H,1-2H3,(H2,11,12,13)(H2,14,15,16). The van der Waals surface area contributed by atoms with Gasteiger partial charge in [-0.1, -0.05) is 25.6 Å². The number of thioether (sulfide) groups is 2. The van der Waals surface area contributed by atoms with Crippen molar-refractivity contribution in [2.24, 2.45) is 0 Å². The summed E-state index contributed by atoms with van der Waals surface area (Å²) < 4.78 is 20.3. The van der Waals surface area contributed by atoms with Gasteiger partial charge in [0.25, 0.3) is 0 Å². The van der Waals surface area contributed by atoms with Gasteiger partial charge in [-0.2, -0.15) is 0 Å². The molecule has 0 bridgehead atoms. The van der Waals surface area contributed by atoms with Crippen LogP contribution in [0, 0.1) is 0 Å². The van der Waals surface area contributed by atoms with Crippen LogP contribution in [0.15, 0.2) is 34.1 Å². The highest BCUT2D eigenvalue weighted by Gasteiger charge is 2.44. The molecule has 0 atom stereocenters. The van der Waals surface area contributed by atoms with E-state index in [0.717, 1.165) is 4.90 Å². The third-order valence-electron chi connectivity index (χ3n) is 2.01. The predicted octanol–water partition coefficient (Wildman–Crippen LogP) is 2.92. The van der Waals surface area contributed by atoms with Gasteiger partial charge in [0, 0.05) is 15.0 Å². The Labute approximate surface area is 125 Å². The van der Waals surface area contributed by atoms with Gasteiger partial charge in [0.15, 0.2) is 0 Å². The van der Waals surface area contributed by atoms with E-state index in [4.69, 9.17) is 19.6 Å². The third kappa shape index (κ3) is 5.92. The fourth-order valence-electron chi connectivity index (χ4n) is 1.32. The van der Waals surface area contributed by atoms with E-state index >= 15 is 0 Å². The molecule has 0 radical (unpaired) electrons. The van der Waals surface area contributed by atoms with Crippen LogP contribution in [0.3, 0.4) is 0 Å². The summed E-state index contributed by atoms with van der Waals surface area (Å²) in [5, 5.41) is 0.395. The van der Waals surface area contributed by atoms with Crippen LogP contribution in [-0.2, 0) is 9.13 Å². The second kappa shape index (κ2) is 6.99. The second-order valence-corrected chi connectivity index (χ2v) is 11.6. The molecular formula is C10H16O6P2S2. The number of benzene rings is 1. The van der Waals surface area contributed by atoms with E-state index in [9.17, 15) is 9.13 Å². The summed E-state index contributed by atoms with van der Waals surface area (Å²) in [6.07, 6.45) is 0. The van der Waals surface area contributed by atoms with Crippen LogP contribution >= 0.6 is 38.7 Å². The first-order valence-electron chi connectivity index (χ1n) is 5.54. The summed E-state index contributed by atoms with van der Waals surface area (Å²) in [7, 11) is -9.81. The van der Waals surface area contributed by atoms with Gasteiger partial charge in [-0.05, 0) is 24.3 Å². The average Bonchev–Trinajstić information content (AvgIpc) is 2.24. The van der Waals surface area contributed by atoms with Gasteiger partial charge >= 0.3 is 15.2 Å². The average molecular weight is 358 g/mol. The first-order valence-corrected chi connectivity index (χ1v) is 10.7. The molecule has 6 nitrogen and oxygen atoms in total. The predicted molar refractivity (Wildman–Crippen MR) is 81.2 cm³/mol. The number of hydrogen-bond acceptors (Lipinski definition) is 4. The molecule has 0 aliphatic rings. The summed E-state index contributed by atoms with van der Waals surface area (Å²) in [6, 6.07) is 6.69. The Bertz CT molecular complexity index is 513. The van der Waals surface area contributed by atoms with Crippen LogP contribution in [0.4, 0.5) is 0 Å². The van der Waals surface area contributed by atoms with Crippen molar-refractivity contribution in [3.63, 3.8) is 0 Å². The lowest BCUT2D eigenvalue weighted by Crippen LogP contribution is -2.04. The first kappa shape index (κ1) is 18.3. The van der Waals surface area contributed by atoms with E-state index in [1.807, 2.05) is 13.8 Å². The summed E-state index contributed by atoms with van der Waals surface area (Å²) >= 11 is 2.12. The molecule has 0 heterocycles. The van der Waals surface area contributed by atoms with Crippen molar-refractivity contribution >= 4 is 38.7 Å². The zero-order valence-corrected chi connectivity index (χ0v) is 14.2. The van der Waals surface area contributed by atoms with Gasteiger partial charge in [0.05, 0.1) is 0 Å². The van der Waals surface area contributed by atoms with Gasteiger partial charge in [-0.3, -0.25) is 9.13 Å². The highest BCUT2D eigenvalue weighted by atomic mass is 32.2. The highest BCUT2D eigenvalue weighted by molar-refractivity contribution is 8.12. The lowest BCUT2D eigenvalue weighted by atomic mass is 10.4. The molecule has 20 heavy (non-hydrogen) atoms. The largest absolute Gasteiger partial charge is 0.351 e. The van der Waals surface area contributed by atoms with Gasteiger partial charge in [-0.15, -0.1) is 11.8 Å². The van der Waals surface area contributed by atoms with Crippen molar-refractivity contribution in [2.75, 3.05) is 0 Å². The third-order valence-corrected chi connectivity index (χ3v) is 9.02. The van der Waals surface area contributed by atoms with E-state index in [2.05, 4.69) is 0 Å². The Morgan fingerprint density at radius 2 is 1.20 bits per heavy atom. The summed E-state index contributed by atoms with van der Waals surface area (Å²) in [6.45, 7) is 4.07. The molecule has 0 spiro atoms. The minimum atomic E-state index is -4.90. The normalized spacial score (nSPS) is 13.2. The van der Waals surface area contributed by atoms with E-state index < -0.39 is 19.9 Å². The minimum absolute atomic E-state index is 0.395. The topological polar surface area (TPSA) is 115 Å². The zero-order chi connectivity index (χ0) is 15.6. The fraction of sp³-hybridized carbons (Fsp3) is 0.400. The molecule has 114 valence electrons. The maximum Gasteiger partial charge on any atom is 0.351 e. The Morgan fingerprint density at radius 3 is 1.50 bits per heavy atom. The van der Waals surface area contributed by atoms with E-state index in [0.29, 0.717) is 21.9 Å². The van der Waals surface area contributed by atoms with Crippen molar-refractivity contribution in [1.29, 1.82) is 0 Å². The maximum absolute atomic E-state index is 11.2. The number of rotatable bonds is 6. The van der Waals surface area contributed by atoms with E-state index in [1.54, 1.807) is 36.0 Å². The Balaban J connectivity index is 2.91. The molecule has 0 aromatic heterocycles. The molecule has 0 aliphatic heterocycles. The molecular weight excluding hydrogens is 342 g/mol. The van der Waals surface area contributed by atoms with Gasteiger partial charge in [0.2, 0.25) is 4.73 Å². The molecule has 0 saturated carbocycles. The molecule has 1 rings (SSSR count). The first-order chi connectivity index (χ1) is 9.00. The van der Waals surface area contributed by atoms with Crippen molar-refractivity contribution in [1.82, 2.24) is 0 Å². The van der Waals surface area contributed by atoms with Crippen molar-refractivity contribution in [3.05, 3.63) is 24.3 Å². The van der Waals surface area contributed by atoms with Crippen molar-refractivity contribution in [3.8, 4) is 0 Å². The Morgan fingerprint density at radius 1 is 0.850 bits per heavy atom. The molecule has 0 aliphatic carbocycles. The van der Waals surface area contributed by atoms with Gasteiger partial charge in [-0.25, -0.2) is 0 Å². The monoisotopic (exact) mass is 358 g/mol. The second-order valence-electron chi connectivity index (χ2n) is 4.26. The van der Waals surface area contributed by atoms with Crippen LogP contribution in [0.5, 0.6) is 0 Å². The summed E-state index contributed by atoms with van der Waals surface area (Å²) in [4.78, 5) is 37.5. The SMILES string of the molecule is CC(C)Sc1ccc(SC(P(=O)(O)O)P(=O)(O)O)cc1.